The van der Waals surface area contributed by atoms with E-state index in [2.05, 4.69) is 36.5 Å². The maximum Gasteiger partial charge on any atom is 0.166 e. The Morgan fingerprint density at radius 3 is 2.48 bits per heavy atom. The standard InChI is InChI=1S/C25H33NO3/c1-4-8-18(11-12-26-17-19-9-6-5-7-10-19)13-21-14-20-15-23(28-2)24(29-3)16-22(20)25(21)27/h5-7,9-10,15-16,18,21,26H,4,8,11-14,17H2,1-3H3. The number of ketones is 1. The highest BCUT2D eigenvalue weighted by atomic mass is 16.5. The molecule has 2 unspecified atom stereocenters. The maximum atomic E-state index is 13.0. The summed E-state index contributed by atoms with van der Waals surface area (Å²) in [6, 6.07) is 14.3. The minimum Gasteiger partial charge on any atom is -0.493 e. The molecule has 0 fully saturated rings. The normalized spacial score (nSPS) is 16.5. The summed E-state index contributed by atoms with van der Waals surface area (Å²) in [5.41, 5.74) is 3.21. The number of hydrogen-bond acceptors (Lipinski definition) is 4. The Hall–Kier alpha value is -2.33. The molecule has 4 heteroatoms. The van der Waals surface area contributed by atoms with Gasteiger partial charge < -0.3 is 14.8 Å². The summed E-state index contributed by atoms with van der Waals surface area (Å²) in [5, 5.41) is 3.56. The fourth-order valence-corrected chi connectivity index (χ4v) is 4.41. The number of carbonyl (C=O) groups excluding carboxylic acids is 1. The van der Waals surface area contributed by atoms with Crippen molar-refractivity contribution in [1.29, 1.82) is 0 Å². The molecule has 0 amide bonds. The lowest BCUT2D eigenvalue weighted by Gasteiger charge is -2.19. The van der Waals surface area contributed by atoms with Crippen LogP contribution in [0, 0.1) is 11.8 Å². The molecule has 0 bridgehead atoms. The molecule has 0 radical (unpaired) electrons. The van der Waals surface area contributed by atoms with Gasteiger partial charge in [-0.05, 0) is 55.0 Å². The van der Waals surface area contributed by atoms with E-state index in [0.29, 0.717) is 17.4 Å². The van der Waals surface area contributed by atoms with Crippen molar-refractivity contribution >= 4 is 5.78 Å². The van der Waals surface area contributed by atoms with Crippen LogP contribution < -0.4 is 14.8 Å². The molecular weight excluding hydrogens is 362 g/mol. The topological polar surface area (TPSA) is 47.6 Å². The first kappa shape index (κ1) is 21.4. The summed E-state index contributed by atoms with van der Waals surface area (Å²) in [5.74, 6) is 2.24. The summed E-state index contributed by atoms with van der Waals surface area (Å²) in [6.45, 7) is 4.10. The molecule has 0 aromatic heterocycles. The molecule has 1 aliphatic carbocycles. The van der Waals surface area contributed by atoms with Crippen LogP contribution in [0.5, 0.6) is 11.5 Å². The largest absolute Gasteiger partial charge is 0.493 e. The second-order valence-electron chi connectivity index (χ2n) is 7.97. The predicted octanol–water partition coefficient (Wildman–Crippen LogP) is 5.05. The van der Waals surface area contributed by atoms with Crippen molar-refractivity contribution in [3.05, 3.63) is 59.2 Å². The summed E-state index contributed by atoms with van der Waals surface area (Å²) >= 11 is 0. The number of rotatable bonds is 11. The zero-order chi connectivity index (χ0) is 20.6. The Balaban J connectivity index is 1.56. The van der Waals surface area contributed by atoms with Crippen LogP contribution in [0.3, 0.4) is 0 Å². The number of fused-ring (bicyclic) bond motifs is 1. The van der Waals surface area contributed by atoms with Gasteiger partial charge in [-0.25, -0.2) is 0 Å². The monoisotopic (exact) mass is 395 g/mol. The molecule has 156 valence electrons. The molecule has 0 saturated carbocycles. The van der Waals surface area contributed by atoms with Gasteiger partial charge in [0, 0.05) is 18.0 Å². The van der Waals surface area contributed by atoms with Crippen LogP contribution in [-0.4, -0.2) is 26.5 Å². The van der Waals surface area contributed by atoms with E-state index >= 15 is 0 Å². The lowest BCUT2D eigenvalue weighted by Crippen LogP contribution is -2.21. The van der Waals surface area contributed by atoms with Crippen LogP contribution in [0.1, 0.15) is 54.1 Å². The third-order valence-corrected chi connectivity index (χ3v) is 5.93. The van der Waals surface area contributed by atoms with E-state index in [4.69, 9.17) is 9.47 Å². The van der Waals surface area contributed by atoms with Gasteiger partial charge in [0.1, 0.15) is 0 Å². The zero-order valence-corrected chi connectivity index (χ0v) is 17.9. The molecule has 2 aromatic rings. The molecule has 3 rings (SSSR count). The quantitative estimate of drug-likeness (QED) is 0.541. The van der Waals surface area contributed by atoms with Gasteiger partial charge in [-0.1, -0.05) is 50.1 Å². The van der Waals surface area contributed by atoms with Gasteiger partial charge in [0.25, 0.3) is 0 Å². The van der Waals surface area contributed by atoms with E-state index in [1.165, 1.54) is 12.0 Å². The first-order valence-electron chi connectivity index (χ1n) is 10.7. The van der Waals surface area contributed by atoms with Crippen LogP contribution >= 0.6 is 0 Å². The second-order valence-corrected chi connectivity index (χ2v) is 7.97. The Morgan fingerprint density at radius 1 is 1.07 bits per heavy atom. The van der Waals surface area contributed by atoms with E-state index in [0.717, 1.165) is 49.9 Å². The lowest BCUT2D eigenvalue weighted by atomic mass is 9.86. The summed E-state index contributed by atoms with van der Waals surface area (Å²) in [6.07, 6.45) is 5.19. The molecule has 4 nitrogen and oxygen atoms in total. The first-order chi connectivity index (χ1) is 14.2. The molecule has 0 spiro atoms. The molecule has 1 aliphatic rings. The number of ether oxygens (including phenoxy) is 2. The van der Waals surface area contributed by atoms with E-state index in [1.807, 2.05) is 18.2 Å². The highest BCUT2D eigenvalue weighted by molar-refractivity contribution is 6.02. The van der Waals surface area contributed by atoms with Crippen LogP contribution in [0.15, 0.2) is 42.5 Å². The Labute approximate surface area is 174 Å². The van der Waals surface area contributed by atoms with Crippen LogP contribution in [0.25, 0.3) is 0 Å². The molecule has 0 saturated heterocycles. The van der Waals surface area contributed by atoms with Crippen molar-refractivity contribution in [2.24, 2.45) is 11.8 Å². The number of nitrogens with one attached hydrogen (secondary N) is 1. The second kappa shape index (κ2) is 10.4. The van der Waals surface area contributed by atoms with Gasteiger partial charge in [0.05, 0.1) is 14.2 Å². The number of methoxy groups -OCH3 is 2. The Morgan fingerprint density at radius 2 is 1.79 bits per heavy atom. The summed E-state index contributed by atoms with van der Waals surface area (Å²) in [7, 11) is 3.25. The minimum atomic E-state index is 0.0764. The maximum absolute atomic E-state index is 13.0. The van der Waals surface area contributed by atoms with Crippen molar-refractivity contribution in [2.75, 3.05) is 20.8 Å². The molecule has 2 atom stereocenters. The van der Waals surface area contributed by atoms with Crippen LogP contribution in [0.4, 0.5) is 0 Å². The average Bonchev–Trinajstić information content (AvgIpc) is 3.05. The van der Waals surface area contributed by atoms with Crippen molar-refractivity contribution in [1.82, 2.24) is 5.32 Å². The lowest BCUT2D eigenvalue weighted by molar-refractivity contribution is 0.0915. The number of carbonyl (C=O) groups is 1. The van der Waals surface area contributed by atoms with Gasteiger partial charge >= 0.3 is 0 Å². The number of hydrogen-bond donors (Lipinski definition) is 1. The van der Waals surface area contributed by atoms with Gasteiger partial charge in [-0.2, -0.15) is 0 Å². The predicted molar refractivity (Wildman–Crippen MR) is 117 cm³/mol. The zero-order valence-electron chi connectivity index (χ0n) is 17.9. The van der Waals surface area contributed by atoms with E-state index in [-0.39, 0.29) is 11.7 Å². The molecule has 0 aliphatic heterocycles. The number of Topliss-reactive ketones (excluding diaryl/α,β-unsaturated/α-hetero) is 1. The summed E-state index contributed by atoms with van der Waals surface area (Å²) < 4.78 is 10.8. The van der Waals surface area contributed by atoms with E-state index < -0.39 is 0 Å². The van der Waals surface area contributed by atoms with E-state index in [1.54, 1.807) is 14.2 Å². The highest BCUT2D eigenvalue weighted by Gasteiger charge is 2.33. The third-order valence-electron chi connectivity index (χ3n) is 5.93. The fourth-order valence-electron chi connectivity index (χ4n) is 4.41. The van der Waals surface area contributed by atoms with Crippen LogP contribution in [0.2, 0.25) is 0 Å². The average molecular weight is 396 g/mol. The Kier molecular flexibility index (Phi) is 7.70. The first-order valence-corrected chi connectivity index (χ1v) is 10.7. The van der Waals surface area contributed by atoms with Crippen molar-refractivity contribution in [2.45, 2.75) is 45.6 Å². The fraction of sp³-hybridized carbons (Fsp3) is 0.480. The van der Waals surface area contributed by atoms with Crippen LogP contribution in [-0.2, 0) is 13.0 Å². The third kappa shape index (κ3) is 5.39. The van der Waals surface area contributed by atoms with Gasteiger partial charge in [-0.15, -0.1) is 0 Å². The molecular formula is C25H33NO3. The minimum absolute atomic E-state index is 0.0764. The van der Waals surface area contributed by atoms with Crippen molar-refractivity contribution in [3.8, 4) is 11.5 Å². The molecule has 29 heavy (non-hydrogen) atoms. The number of benzene rings is 2. The molecule has 0 heterocycles. The SMILES string of the molecule is CCCC(CCNCc1ccccc1)CC1Cc2cc(OC)c(OC)cc2C1=O. The molecule has 2 aromatic carbocycles. The van der Waals surface area contributed by atoms with Gasteiger partial charge in [-0.3, -0.25) is 4.79 Å². The molecule has 1 N–H and O–H groups in total. The summed E-state index contributed by atoms with van der Waals surface area (Å²) in [4.78, 5) is 13.0. The van der Waals surface area contributed by atoms with Gasteiger partial charge in [0.2, 0.25) is 0 Å². The Bertz CT molecular complexity index is 803. The smallest absolute Gasteiger partial charge is 0.166 e. The van der Waals surface area contributed by atoms with Crippen molar-refractivity contribution in [3.63, 3.8) is 0 Å². The van der Waals surface area contributed by atoms with Crippen molar-refractivity contribution < 1.29 is 14.3 Å². The van der Waals surface area contributed by atoms with E-state index in [9.17, 15) is 4.79 Å². The highest BCUT2D eigenvalue weighted by Crippen LogP contribution is 2.39. The van der Waals surface area contributed by atoms with Gasteiger partial charge in [0.15, 0.2) is 17.3 Å².